The summed E-state index contributed by atoms with van der Waals surface area (Å²) in [4.78, 5) is 14.5. The molecule has 0 radical (unpaired) electrons. The highest BCUT2D eigenvalue weighted by Crippen LogP contribution is 2.28. The molecule has 0 bridgehead atoms. The van der Waals surface area contributed by atoms with Crippen molar-refractivity contribution in [2.45, 2.75) is 25.8 Å². The summed E-state index contributed by atoms with van der Waals surface area (Å²) in [7, 11) is 3.24. The Morgan fingerprint density at radius 3 is 2.54 bits per heavy atom. The first-order valence-corrected chi connectivity index (χ1v) is 8.26. The van der Waals surface area contributed by atoms with Gasteiger partial charge in [0.05, 0.1) is 14.2 Å². The largest absolute Gasteiger partial charge is 0.493 e. The van der Waals surface area contributed by atoms with Crippen molar-refractivity contribution in [1.29, 1.82) is 0 Å². The maximum atomic E-state index is 12.5. The number of rotatable bonds is 5. The summed E-state index contributed by atoms with van der Waals surface area (Å²) in [6.07, 6.45) is 2.16. The standard InChI is InChI=1S/C20H23NO3/c1-23-18-9-7-15(13-19(18)24-2)8-10-20(22)21-12-11-16-5-3-4-6-17(16)14-21/h3-7,9,13H,8,10-12,14H2,1-2H3. The third-order valence-corrected chi connectivity index (χ3v) is 4.56. The second-order valence-corrected chi connectivity index (χ2v) is 6.02. The number of ether oxygens (including phenoxy) is 2. The molecular weight excluding hydrogens is 302 g/mol. The average molecular weight is 325 g/mol. The Morgan fingerprint density at radius 2 is 1.79 bits per heavy atom. The predicted molar refractivity (Wildman–Crippen MR) is 93.4 cm³/mol. The van der Waals surface area contributed by atoms with Gasteiger partial charge in [-0.05, 0) is 41.7 Å². The SMILES string of the molecule is COc1ccc(CCC(=O)N2CCc3ccccc3C2)cc1OC. The quantitative estimate of drug-likeness (QED) is 0.847. The Labute approximate surface area is 143 Å². The minimum Gasteiger partial charge on any atom is -0.493 e. The molecule has 0 fully saturated rings. The number of benzene rings is 2. The number of amides is 1. The van der Waals surface area contributed by atoms with Crippen LogP contribution in [0.25, 0.3) is 0 Å². The number of carbonyl (C=O) groups is 1. The third kappa shape index (κ3) is 3.53. The topological polar surface area (TPSA) is 38.8 Å². The lowest BCUT2D eigenvalue weighted by Gasteiger charge is -2.29. The van der Waals surface area contributed by atoms with Gasteiger partial charge in [-0.2, -0.15) is 0 Å². The second-order valence-electron chi connectivity index (χ2n) is 6.02. The third-order valence-electron chi connectivity index (χ3n) is 4.56. The van der Waals surface area contributed by atoms with E-state index in [1.807, 2.05) is 29.2 Å². The fraction of sp³-hybridized carbons (Fsp3) is 0.350. The summed E-state index contributed by atoms with van der Waals surface area (Å²) in [5.41, 5.74) is 3.71. The number of carbonyl (C=O) groups excluding carboxylic acids is 1. The van der Waals surface area contributed by atoms with E-state index in [-0.39, 0.29) is 5.91 Å². The Kier molecular flexibility index (Phi) is 5.04. The summed E-state index contributed by atoms with van der Waals surface area (Å²) < 4.78 is 10.6. The number of nitrogens with zero attached hydrogens (tertiary/aromatic N) is 1. The van der Waals surface area contributed by atoms with Crippen molar-refractivity contribution in [3.8, 4) is 11.5 Å². The highest BCUT2D eigenvalue weighted by molar-refractivity contribution is 5.76. The fourth-order valence-corrected chi connectivity index (χ4v) is 3.15. The monoisotopic (exact) mass is 325 g/mol. The average Bonchev–Trinajstić information content (AvgIpc) is 2.65. The predicted octanol–water partition coefficient (Wildman–Crippen LogP) is 3.22. The fourth-order valence-electron chi connectivity index (χ4n) is 3.15. The van der Waals surface area contributed by atoms with Crippen molar-refractivity contribution in [3.63, 3.8) is 0 Å². The minimum atomic E-state index is 0.208. The zero-order chi connectivity index (χ0) is 16.9. The number of hydrogen-bond donors (Lipinski definition) is 0. The van der Waals surface area contributed by atoms with Crippen molar-refractivity contribution in [2.75, 3.05) is 20.8 Å². The van der Waals surface area contributed by atoms with Gasteiger partial charge in [-0.1, -0.05) is 30.3 Å². The van der Waals surface area contributed by atoms with E-state index in [9.17, 15) is 4.79 Å². The van der Waals surface area contributed by atoms with Crippen molar-refractivity contribution in [3.05, 3.63) is 59.2 Å². The van der Waals surface area contributed by atoms with Crippen LogP contribution in [0.3, 0.4) is 0 Å². The van der Waals surface area contributed by atoms with E-state index in [4.69, 9.17) is 9.47 Å². The van der Waals surface area contributed by atoms with Crippen LogP contribution >= 0.6 is 0 Å². The molecular formula is C20H23NO3. The van der Waals surface area contributed by atoms with Gasteiger partial charge >= 0.3 is 0 Å². The lowest BCUT2D eigenvalue weighted by Crippen LogP contribution is -2.36. The van der Waals surface area contributed by atoms with Crippen LogP contribution in [0, 0.1) is 0 Å². The molecule has 4 heteroatoms. The maximum Gasteiger partial charge on any atom is 0.223 e. The lowest BCUT2D eigenvalue weighted by molar-refractivity contribution is -0.132. The summed E-state index contributed by atoms with van der Waals surface area (Å²) in [5, 5.41) is 0. The summed E-state index contributed by atoms with van der Waals surface area (Å²) in [6.45, 7) is 1.53. The Hall–Kier alpha value is -2.49. The first kappa shape index (κ1) is 16.4. The van der Waals surface area contributed by atoms with Gasteiger partial charge in [-0.3, -0.25) is 4.79 Å². The summed E-state index contributed by atoms with van der Waals surface area (Å²) in [5.74, 6) is 1.62. The van der Waals surface area contributed by atoms with Crippen LogP contribution in [0.15, 0.2) is 42.5 Å². The van der Waals surface area contributed by atoms with E-state index in [0.29, 0.717) is 24.3 Å². The number of aryl methyl sites for hydroxylation is 1. The lowest BCUT2D eigenvalue weighted by atomic mass is 9.99. The Bertz CT molecular complexity index is 727. The van der Waals surface area contributed by atoms with Crippen LogP contribution in [0.5, 0.6) is 11.5 Å². The van der Waals surface area contributed by atoms with Crippen molar-refractivity contribution < 1.29 is 14.3 Å². The Balaban J connectivity index is 1.60. The molecule has 0 unspecified atom stereocenters. The molecule has 0 N–H and O–H groups in total. The molecule has 24 heavy (non-hydrogen) atoms. The van der Waals surface area contributed by atoms with Crippen molar-refractivity contribution >= 4 is 5.91 Å². The normalized spacial score (nSPS) is 13.3. The van der Waals surface area contributed by atoms with Gasteiger partial charge in [0.1, 0.15) is 0 Å². The van der Waals surface area contributed by atoms with E-state index >= 15 is 0 Å². The number of fused-ring (bicyclic) bond motifs is 1. The number of hydrogen-bond acceptors (Lipinski definition) is 3. The molecule has 4 nitrogen and oxygen atoms in total. The van der Waals surface area contributed by atoms with E-state index in [2.05, 4.69) is 18.2 Å². The van der Waals surface area contributed by atoms with Gasteiger partial charge in [0, 0.05) is 19.5 Å². The highest BCUT2D eigenvalue weighted by atomic mass is 16.5. The molecule has 0 aliphatic carbocycles. The molecule has 0 spiro atoms. The van der Waals surface area contributed by atoms with E-state index < -0.39 is 0 Å². The smallest absolute Gasteiger partial charge is 0.223 e. The molecule has 0 saturated carbocycles. The molecule has 126 valence electrons. The second kappa shape index (κ2) is 7.39. The van der Waals surface area contributed by atoms with Crippen molar-refractivity contribution in [1.82, 2.24) is 4.90 Å². The summed E-state index contributed by atoms with van der Waals surface area (Å²) >= 11 is 0. The van der Waals surface area contributed by atoms with E-state index in [1.54, 1.807) is 14.2 Å². The highest BCUT2D eigenvalue weighted by Gasteiger charge is 2.20. The molecule has 2 aromatic carbocycles. The molecule has 2 aromatic rings. The van der Waals surface area contributed by atoms with Crippen LogP contribution in [-0.2, 0) is 24.2 Å². The molecule has 3 rings (SSSR count). The molecule has 1 aliphatic heterocycles. The molecule has 1 aliphatic rings. The van der Waals surface area contributed by atoms with Gasteiger partial charge in [0.15, 0.2) is 11.5 Å². The maximum absolute atomic E-state index is 12.5. The minimum absolute atomic E-state index is 0.208. The molecule has 0 atom stereocenters. The van der Waals surface area contributed by atoms with Crippen molar-refractivity contribution in [2.24, 2.45) is 0 Å². The van der Waals surface area contributed by atoms with Crippen LogP contribution in [-0.4, -0.2) is 31.6 Å². The van der Waals surface area contributed by atoms with Crippen LogP contribution in [0.4, 0.5) is 0 Å². The van der Waals surface area contributed by atoms with Gasteiger partial charge in [0.25, 0.3) is 0 Å². The van der Waals surface area contributed by atoms with Crippen LogP contribution in [0.2, 0.25) is 0 Å². The molecule has 0 saturated heterocycles. The van der Waals surface area contributed by atoms with Crippen LogP contribution < -0.4 is 9.47 Å². The van der Waals surface area contributed by atoms with Gasteiger partial charge < -0.3 is 14.4 Å². The first-order chi connectivity index (χ1) is 11.7. The Morgan fingerprint density at radius 1 is 1.04 bits per heavy atom. The zero-order valence-corrected chi connectivity index (χ0v) is 14.2. The first-order valence-electron chi connectivity index (χ1n) is 8.26. The molecule has 1 heterocycles. The van der Waals surface area contributed by atoms with Gasteiger partial charge in [0.2, 0.25) is 5.91 Å². The van der Waals surface area contributed by atoms with Gasteiger partial charge in [-0.25, -0.2) is 0 Å². The van der Waals surface area contributed by atoms with E-state index in [0.717, 1.165) is 25.1 Å². The van der Waals surface area contributed by atoms with E-state index in [1.165, 1.54) is 11.1 Å². The summed E-state index contributed by atoms with van der Waals surface area (Å²) in [6, 6.07) is 14.2. The van der Waals surface area contributed by atoms with Gasteiger partial charge in [-0.15, -0.1) is 0 Å². The zero-order valence-electron chi connectivity index (χ0n) is 14.2. The van der Waals surface area contributed by atoms with Crippen LogP contribution in [0.1, 0.15) is 23.1 Å². The molecule has 1 amide bonds. The molecule has 0 aromatic heterocycles. The number of methoxy groups -OCH3 is 2.